The molecule has 0 radical (unpaired) electrons. The Kier molecular flexibility index (Phi) is 5.09. The number of carbonyl (C=O) groups excluding carboxylic acids is 1. The number of nitrogens with one attached hydrogen (secondary N) is 2. The van der Waals surface area contributed by atoms with Crippen LogP contribution in [0.5, 0.6) is 0 Å². The van der Waals surface area contributed by atoms with Crippen molar-refractivity contribution >= 4 is 34.0 Å². The van der Waals surface area contributed by atoms with E-state index in [4.69, 9.17) is 4.98 Å². The molecule has 0 bridgehead atoms. The number of rotatable bonds is 7. The van der Waals surface area contributed by atoms with Gasteiger partial charge in [0.2, 0.25) is 0 Å². The van der Waals surface area contributed by atoms with Gasteiger partial charge >= 0.3 is 0 Å². The normalized spacial score (nSPS) is 15.1. The van der Waals surface area contributed by atoms with Crippen LogP contribution in [-0.2, 0) is 0 Å². The van der Waals surface area contributed by atoms with E-state index >= 15 is 0 Å². The molecule has 2 aromatic heterocycles. The molecule has 5 nitrogen and oxygen atoms in total. The summed E-state index contributed by atoms with van der Waals surface area (Å²) in [5.41, 5.74) is 1.52. The van der Waals surface area contributed by atoms with Crippen LogP contribution in [0, 0.1) is 0 Å². The van der Waals surface area contributed by atoms with Crippen molar-refractivity contribution in [2.24, 2.45) is 0 Å². The lowest BCUT2D eigenvalue weighted by Gasteiger charge is -2.24. The number of carbonyl (C=O) groups is 1. The second-order valence-electron chi connectivity index (χ2n) is 7.20. The first-order valence-corrected chi connectivity index (χ1v) is 10.1. The molecular formula is C21H24N4OS. The lowest BCUT2D eigenvalue weighted by molar-refractivity contribution is 0.0952. The fourth-order valence-electron chi connectivity index (χ4n) is 3.16. The van der Waals surface area contributed by atoms with Gasteiger partial charge in [-0.05, 0) is 50.5 Å². The van der Waals surface area contributed by atoms with E-state index in [9.17, 15) is 4.79 Å². The number of anilines is 1. The molecule has 3 aromatic rings. The van der Waals surface area contributed by atoms with Crippen molar-refractivity contribution in [3.8, 4) is 0 Å². The van der Waals surface area contributed by atoms with Crippen LogP contribution in [0.25, 0.3) is 10.9 Å². The third kappa shape index (κ3) is 4.12. The summed E-state index contributed by atoms with van der Waals surface area (Å²) in [5, 5.41) is 9.53. The van der Waals surface area contributed by atoms with E-state index in [2.05, 4.69) is 47.1 Å². The summed E-state index contributed by atoms with van der Waals surface area (Å²) >= 11 is 1.75. The van der Waals surface area contributed by atoms with Crippen molar-refractivity contribution in [2.45, 2.75) is 24.9 Å². The van der Waals surface area contributed by atoms with Crippen molar-refractivity contribution in [3.63, 3.8) is 0 Å². The van der Waals surface area contributed by atoms with Gasteiger partial charge in [-0.25, -0.2) is 4.98 Å². The molecule has 6 heteroatoms. The van der Waals surface area contributed by atoms with Gasteiger partial charge in [-0.1, -0.05) is 24.3 Å². The lowest BCUT2D eigenvalue weighted by atomic mass is 10.1. The summed E-state index contributed by atoms with van der Waals surface area (Å²) in [5.74, 6) is 0.722. The molecule has 27 heavy (non-hydrogen) atoms. The van der Waals surface area contributed by atoms with Gasteiger partial charge in [0.1, 0.15) is 5.82 Å². The zero-order valence-electron chi connectivity index (χ0n) is 15.6. The minimum absolute atomic E-state index is 0.0124. The van der Waals surface area contributed by atoms with Gasteiger partial charge in [0.15, 0.2) is 0 Å². The zero-order valence-corrected chi connectivity index (χ0v) is 16.4. The maximum atomic E-state index is 12.7. The largest absolute Gasteiger partial charge is 0.368 e. The first-order valence-electron chi connectivity index (χ1n) is 9.26. The second kappa shape index (κ2) is 7.66. The summed E-state index contributed by atoms with van der Waals surface area (Å²) in [6.45, 7) is 0.725. The van der Waals surface area contributed by atoms with Crippen molar-refractivity contribution < 1.29 is 4.79 Å². The molecule has 140 valence electrons. The average molecular weight is 381 g/mol. The number of amides is 1. The first-order chi connectivity index (χ1) is 13.1. The summed E-state index contributed by atoms with van der Waals surface area (Å²) < 4.78 is 0. The van der Waals surface area contributed by atoms with Crippen LogP contribution in [0.1, 0.15) is 34.1 Å². The van der Waals surface area contributed by atoms with Crippen molar-refractivity contribution in [3.05, 3.63) is 58.3 Å². The van der Waals surface area contributed by atoms with Gasteiger partial charge in [0.05, 0.1) is 17.1 Å². The Labute approximate surface area is 163 Å². The van der Waals surface area contributed by atoms with Crippen LogP contribution in [0.15, 0.2) is 47.8 Å². The van der Waals surface area contributed by atoms with Crippen LogP contribution in [-0.4, -0.2) is 42.5 Å². The van der Waals surface area contributed by atoms with Crippen LogP contribution < -0.4 is 10.6 Å². The second-order valence-corrected chi connectivity index (χ2v) is 8.17. The maximum Gasteiger partial charge on any atom is 0.252 e. The Morgan fingerprint density at radius 3 is 2.78 bits per heavy atom. The van der Waals surface area contributed by atoms with Gasteiger partial charge in [-0.3, -0.25) is 4.79 Å². The Morgan fingerprint density at radius 1 is 1.26 bits per heavy atom. The third-order valence-corrected chi connectivity index (χ3v) is 5.82. The van der Waals surface area contributed by atoms with E-state index in [0.29, 0.717) is 11.6 Å². The fraction of sp³-hybridized carbons (Fsp3) is 0.333. The van der Waals surface area contributed by atoms with Crippen molar-refractivity contribution in [1.29, 1.82) is 0 Å². The van der Waals surface area contributed by atoms with E-state index in [1.165, 1.54) is 4.88 Å². The molecule has 1 aromatic carbocycles. The predicted octanol–water partition coefficient (Wildman–Crippen LogP) is 3.90. The monoisotopic (exact) mass is 380 g/mol. The first kappa shape index (κ1) is 17.9. The molecule has 1 aliphatic rings. The number of benzene rings is 1. The Hall–Kier alpha value is -2.44. The molecular weight excluding hydrogens is 356 g/mol. The molecule has 1 saturated carbocycles. The number of likely N-dealkylation sites (N-methyl/N-ethyl adjacent to an activating group) is 1. The summed E-state index contributed by atoms with van der Waals surface area (Å²) in [4.78, 5) is 20.9. The molecule has 0 spiro atoms. The highest BCUT2D eigenvalue weighted by atomic mass is 32.1. The van der Waals surface area contributed by atoms with E-state index in [-0.39, 0.29) is 11.9 Å². The molecule has 1 amide bonds. The van der Waals surface area contributed by atoms with E-state index in [1.54, 1.807) is 11.3 Å². The van der Waals surface area contributed by atoms with E-state index in [0.717, 1.165) is 36.1 Å². The van der Waals surface area contributed by atoms with Gasteiger partial charge in [-0.15, -0.1) is 11.3 Å². The van der Waals surface area contributed by atoms with Gasteiger partial charge < -0.3 is 15.5 Å². The molecule has 4 rings (SSSR count). The highest BCUT2D eigenvalue weighted by Gasteiger charge is 2.25. The maximum absolute atomic E-state index is 12.7. The molecule has 1 fully saturated rings. The van der Waals surface area contributed by atoms with Crippen LogP contribution in [0.4, 0.5) is 5.82 Å². The topological polar surface area (TPSA) is 57.3 Å². The van der Waals surface area contributed by atoms with Crippen molar-refractivity contribution in [2.75, 3.05) is 26.0 Å². The number of hydrogen-bond donors (Lipinski definition) is 2. The van der Waals surface area contributed by atoms with Gasteiger partial charge in [0, 0.05) is 22.8 Å². The summed E-state index contributed by atoms with van der Waals surface area (Å²) in [6.07, 6.45) is 2.15. The third-order valence-electron chi connectivity index (χ3n) is 4.84. The predicted molar refractivity (Wildman–Crippen MR) is 111 cm³/mol. The molecule has 1 atom stereocenters. The number of hydrogen-bond acceptors (Lipinski definition) is 5. The zero-order chi connectivity index (χ0) is 18.8. The van der Waals surface area contributed by atoms with Crippen LogP contribution in [0.3, 0.4) is 0 Å². The average Bonchev–Trinajstić information content (AvgIpc) is 3.31. The Morgan fingerprint density at radius 2 is 2.07 bits per heavy atom. The highest BCUT2D eigenvalue weighted by molar-refractivity contribution is 7.10. The van der Waals surface area contributed by atoms with E-state index < -0.39 is 0 Å². The Balaban J connectivity index is 1.60. The number of nitrogens with zero attached hydrogens (tertiary/aromatic N) is 2. The number of para-hydroxylation sites is 1. The minimum atomic E-state index is -0.0124. The van der Waals surface area contributed by atoms with Crippen molar-refractivity contribution in [1.82, 2.24) is 15.2 Å². The summed E-state index contributed by atoms with van der Waals surface area (Å²) in [6, 6.07) is 14.5. The quantitative estimate of drug-likeness (QED) is 0.653. The fourth-order valence-corrected chi connectivity index (χ4v) is 4.09. The number of pyridine rings is 1. The minimum Gasteiger partial charge on any atom is -0.368 e. The van der Waals surface area contributed by atoms with Gasteiger partial charge in [0.25, 0.3) is 5.91 Å². The summed E-state index contributed by atoms with van der Waals surface area (Å²) in [7, 11) is 4.16. The number of fused-ring (bicyclic) bond motifs is 1. The van der Waals surface area contributed by atoms with Crippen LogP contribution in [0.2, 0.25) is 0 Å². The molecule has 0 saturated heterocycles. The Bertz CT molecular complexity index is 935. The molecule has 2 N–H and O–H groups in total. The van der Waals surface area contributed by atoms with E-state index in [1.807, 2.05) is 30.3 Å². The molecule has 0 unspecified atom stereocenters. The molecule has 2 heterocycles. The molecule has 1 aliphatic carbocycles. The highest BCUT2D eigenvalue weighted by Crippen LogP contribution is 2.26. The number of thiophene rings is 1. The molecule has 0 aliphatic heterocycles. The SMILES string of the molecule is CN(C)[C@H](CNc1cc(C(=O)NC2CC2)c2ccccc2n1)c1cccs1. The van der Waals surface area contributed by atoms with Gasteiger partial charge in [-0.2, -0.15) is 0 Å². The number of aromatic nitrogens is 1. The standard InChI is InChI=1S/C21H24N4OS/c1-25(2)18(19-8-5-11-27-19)13-22-20-12-16(21(26)23-14-9-10-14)15-6-3-4-7-17(15)24-20/h3-8,11-12,14,18H,9-10,13H2,1-2H3,(H,22,24)(H,23,26)/t18-/m1/s1. The smallest absolute Gasteiger partial charge is 0.252 e. The lowest BCUT2D eigenvalue weighted by Crippen LogP contribution is -2.27. The van der Waals surface area contributed by atoms with Crippen LogP contribution >= 0.6 is 11.3 Å².